The van der Waals surface area contributed by atoms with Crippen LogP contribution in [0.2, 0.25) is 0 Å². The molecule has 0 spiro atoms. The number of thiophene rings is 1. The summed E-state index contributed by atoms with van der Waals surface area (Å²) in [5, 5.41) is 2.66. The van der Waals surface area contributed by atoms with Crippen LogP contribution in [0.1, 0.15) is 85.8 Å². The first-order valence-corrected chi connectivity index (χ1v) is 18.7. The van der Waals surface area contributed by atoms with Crippen molar-refractivity contribution < 1.29 is 9.47 Å². The fourth-order valence-corrected chi connectivity index (χ4v) is 10.1. The Morgan fingerprint density at radius 2 is 0.939 bits per heavy atom. The van der Waals surface area contributed by atoms with E-state index in [9.17, 15) is 0 Å². The Morgan fingerprint density at radius 3 is 1.47 bits per heavy atom. The van der Waals surface area contributed by atoms with Gasteiger partial charge in [0.05, 0.1) is 10.8 Å². The van der Waals surface area contributed by atoms with Crippen LogP contribution >= 0.6 is 11.3 Å². The van der Waals surface area contributed by atoms with E-state index in [0.29, 0.717) is 0 Å². The summed E-state index contributed by atoms with van der Waals surface area (Å²) in [5.41, 5.74) is 7.15. The third-order valence-corrected chi connectivity index (χ3v) is 12.3. The highest BCUT2D eigenvalue weighted by atomic mass is 32.1. The lowest BCUT2D eigenvalue weighted by Gasteiger charge is -2.41. The number of ether oxygens (including phenoxy) is 2. The van der Waals surface area contributed by atoms with Gasteiger partial charge in [0.25, 0.3) is 0 Å². The molecular formula is C46H40O2S. The van der Waals surface area contributed by atoms with Crippen molar-refractivity contribution in [1.29, 1.82) is 0 Å². The third-order valence-electron chi connectivity index (χ3n) is 11.1. The minimum Gasteiger partial charge on any atom is -0.457 e. The predicted octanol–water partition coefficient (Wildman–Crippen LogP) is 13.3. The third kappa shape index (κ3) is 4.45. The molecule has 2 nitrogen and oxygen atoms in total. The van der Waals surface area contributed by atoms with E-state index in [0.717, 1.165) is 61.5 Å². The maximum Gasteiger partial charge on any atom is 0.131 e. The van der Waals surface area contributed by atoms with Crippen molar-refractivity contribution in [2.24, 2.45) is 0 Å². The van der Waals surface area contributed by atoms with Crippen molar-refractivity contribution in [3.8, 4) is 23.0 Å². The van der Waals surface area contributed by atoms with E-state index in [1.165, 1.54) is 53.6 Å². The van der Waals surface area contributed by atoms with Crippen molar-refractivity contribution >= 4 is 31.5 Å². The highest BCUT2D eigenvalue weighted by Crippen LogP contribution is 2.58. The van der Waals surface area contributed by atoms with Crippen LogP contribution in [0.15, 0.2) is 133 Å². The maximum absolute atomic E-state index is 6.58. The van der Waals surface area contributed by atoms with Gasteiger partial charge in [-0.2, -0.15) is 0 Å². The van der Waals surface area contributed by atoms with Crippen LogP contribution in [0.5, 0.6) is 23.0 Å². The first-order valence-electron chi connectivity index (χ1n) is 17.9. The highest BCUT2D eigenvalue weighted by Gasteiger charge is 2.45. The highest BCUT2D eigenvalue weighted by molar-refractivity contribution is 7.26. The quantitative estimate of drug-likeness (QED) is 0.162. The van der Waals surface area contributed by atoms with Gasteiger partial charge in [0.15, 0.2) is 0 Å². The van der Waals surface area contributed by atoms with Crippen LogP contribution in [0, 0.1) is 0 Å². The van der Waals surface area contributed by atoms with Gasteiger partial charge in [-0.25, -0.2) is 0 Å². The van der Waals surface area contributed by atoms with Gasteiger partial charge in [0.2, 0.25) is 0 Å². The molecule has 242 valence electrons. The summed E-state index contributed by atoms with van der Waals surface area (Å²) < 4.78 is 15.8. The first kappa shape index (κ1) is 30.2. The van der Waals surface area contributed by atoms with Crippen molar-refractivity contribution in [3.63, 3.8) is 0 Å². The van der Waals surface area contributed by atoms with E-state index in [2.05, 4.69) is 147 Å². The number of benzene rings is 6. The lowest BCUT2D eigenvalue weighted by Crippen LogP contribution is -2.33. The molecule has 0 saturated carbocycles. The lowest BCUT2D eigenvalue weighted by atomic mass is 9.64. The zero-order valence-corrected chi connectivity index (χ0v) is 29.0. The zero-order chi connectivity index (χ0) is 33.0. The second-order valence-electron chi connectivity index (χ2n) is 13.7. The SMILES string of the molecule is CCCCC1(c2ccc3sc4c(C5(CCCC)c6ccccc6Oc6ccccc65)cccc4c3c2)c2ccccc2Oc2ccccc21. The number of unbranched alkanes of at least 4 members (excludes halogenated alkanes) is 2. The Bertz CT molecular complexity index is 2260. The fraction of sp³-hybridized carbons (Fsp3) is 0.217. The van der Waals surface area contributed by atoms with Crippen molar-refractivity contribution in [2.45, 2.75) is 63.2 Å². The maximum atomic E-state index is 6.58. The number of hydrogen-bond donors (Lipinski definition) is 0. The molecule has 6 aromatic carbocycles. The topological polar surface area (TPSA) is 18.5 Å². The minimum absolute atomic E-state index is 0.303. The molecule has 0 saturated heterocycles. The zero-order valence-electron chi connectivity index (χ0n) is 28.2. The van der Waals surface area contributed by atoms with Crippen LogP contribution in [-0.4, -0.2) is 0 Å². The van der Waals surface area contributed by atoms with Crippen LogP contribution in [0.25, 0.3) is 20.2 Å². The molecule has 0 radical (unpaired) electrons. The molecule has 0 fully saturated rings. The van der Waals surface area contributed by atoms with E-state index in [1.807, 2.05) is 11.3 Å². The molecule has 49 heavy (non-hydrogen) atoms. The summed E-state index contributed by atoms with van der Waals surface area (Å²) in [6, 6.07) is 49.1. The van der Waals surface area contributed by atoms with Gasteiger partial charge in [-0.15, -0.1) is 11.3 Å². The summed E-state index contributed by atoms with van der Waals surface area (Å²) in [6.45, 7) is 4.59. The molecule has 0 unspecified atom stereocenters. The molecular weight excluding hydrogens is 617 g/mol. The van der Waals surface area contributed by atoms with E-state index in [1.54, 1.807) is 0 Å². The van der Waals surface area contributed by atoms with Crippen LogP contribution in [-0.2, 0) is 10.8 Å². The summed E-state index contributed by atoms with van der Waals surface area (Å²) in [7, 11) is 0. The molecule has 0 atom stereocenters. The molecule has 0 bridgehead atoms. The Kier molecular flexibility index (Phi) is 7.36. The summed E-state index contributed by atoms with van der Waals surface area (Å²) in [5.74, 6) is 3.86. The molecule has 0 aliphatic carbocycles. The molecule has 0 amide bonds. The van der Waals surface area contributed by atoms with Gasteiger partial charge in [-0.3, -0.25) is 0 Å². The smallest absolute Gasteiger partial charge is 0.131 e. The fourth-order valence-electron chi connectivity index (χ4n) is 8.86. The van der Waals surface area contributed by atoms with Gasteiger partial charge in [0.1, 0.15) is 23.0 Å². The Balaban J connectivity index is 1.32. The standard InChI is InChI=1S/C46H40O2S/c1-3-5-28-45(34-17-7-11-22-39(34)47-40-23-12-8-18-35(40)45)31-26-27-43-33(30-31)32-16-15-21-38(44(32)49-43)46(29-6-4-2)36-19-9-13-24-41(36)48-42-25-14-10-20-37(42)46/h7-27,30H,3-6,28-29H2,1-2H3. The average Bonchev–Trinajstić information content (AvgIpc) is 3.53. The number of para-hydroxylation sites is 4. The van der Waals surface area contributed by atoms with E-state index in [-0.39, 0.29) is 10.8 Å². The molecule has 7 aromatic rings. The van der Waals surface area contributed by atoms with Crippen molar-refractivity contribution in [2.75, 3.05) is 0 Å². The lowest BCUT2D eigenvalue weighted by molar-refractivity contribution is 0.401. The van der Waals surface area contributed by atoms with Gasteiger partial charge in [0, 0.05) is 42.4 Å². The monoisotopic (exact) mass is 656 g/mol. The Labute approximate surface area is 293 Å². The van der Waals surface area contributed by atoms with Crippen molar-refractivity contribution in [1.82, 2.24) is 0 Å². The second kappa shape index (κ2) is 11.9. The Morgan fingerprint density at radius 1 is 0.469 bits per heavy atom. The molecule has 1 aromatic heterocycles. The van der Waals surface area contributed by atoms with Gasteiger partial charge in [-0.05, 0) is 60.4 Å². The molecule has 0 N–H and O–H groups in total. The number of fused-ring (bicyclic) bond motifs is 7. The normalized spacial score (nSPS) is 15.1. The van der Waals surface area contributed by atoms with E-state index >= 15 is 0 Å². The number of rotatable bonds is 8. The van der Waals surface area contributed by atoms with Crippen LogP contribution in [0.4, 0.5) is 0 Å². The minimum atomic E-state index is -0.314. The van der Waals surface area contributed by atoms with Crippen LogP contribution < -0.4 is 9.47 Å². The van der Waals surface area contributed by atoms with Gasteiger partial charge < -0.3 is 9.47 Å². The second-order valence-corrected chi connectivity index (χ2v) is 14.8. The van der Waals surface area contributed by atoms with Gasteiger partial charge in [-0.1, -0.05) is 137 Å². The van der Waals surface area contributed by atoms with Gasteiger partial charge >= 0.3 is 0 Å². The predicted molar refractivity (Wildman–Crippen MR) is 204 cm³/mol. The molecule has 9 rings (SSSR count). The average molecular weight is 657 g/mol. The Hall–Kier alpha value is -4.86. The first-order chi connectivity index (χ1) is 24.2. The summed E-state index contributed by atoms with van der Waals surface area (Å²) in [4.78, 5) is 0. The molecule has 2 aliphatic heterocycles. The van der Waals surface area contributed by atoms with E-state index in [4.69, 9.17) is 9.47 Å². The molecule has 3 heterocycles. The van der Waals surface area contributed by atoms with Crippen LogP contribution in [0.3, 0.4) is 0 Å². The summed E-state index contributed by atoms with van der Waals surface area (Å²) >= 11 is 1.94. The number of hydrogen-bond acceptors (Lipinski definition) is 3. The van der Waals surface area contributed by atoms with E-state index < -0.39 is 0 Å². The summed E-state index contributed by atoms with van der Waals surface area (Å²) in [6.07, 6.45) is 6.54. The molecule has 3 heteroatoms. The van der Waals surface area contributed by atoms with Crippen molar-refractivity contribution in [3.05, 3.63) is 167 Å². The molecule has 2 aliphatic rings. The largest absolute Gasteiger partial charge is 0.457 e.